The SMILES string of the molecule is CCOc1cccc(NC(=O)Nc2cccc(CS(C)(=O)=O)c2)c1. The van der Waals surface area contributed by atoms with Crippen molar-refractivity contribution in [2.75, 3.05) is 23.5 Å². The highest BCUT2D eigenvalue weighted by Gasteiger charge is 2.07. The quantitative estimate of drug-likeness (QED) is 0.839. The van der Waals surface area contributed by atoms with Crippen molar-refractivity contribution < 1.29 is 17.9 Å². The average molecular weight is 348 g/mol. The minimum absolute atomic E-state index is 0.0689. The molecule has 2 aromatic rings. The Hall–Kier alpha value is -2.54. The fourth-order valence-corrected chi connectivity index (χ4v) is 2.95. The van der Waals surface area contributed by atoms with Gasteiger partial charge in [-0.25, -0.2) is 13.2 Å². The number of carbonyl (C=O) groups excluding carboxylic acids is 1. The third-order valence-corrected chi connectivity index (χ3v) is 3.87. The number of ether oxygens (including phenoxy) is 1. The fourth-order valence-electron chi connectivity index (χ4n) is 2.17. The van der Waals surface area contributed by atoms with Gasteiger partial charge in [0, 0.05) is 23.7 Å². The average Bonchev–Trinajstić information content (AvgIpc) is 2.46. The van der Waals surface area contributed by atoms with E-state index >= 15 is 0 Å². The van der Waals surface area contributed by atoms with E-state index in [1.54, 1.807) is 48.5 Å². The zero-order valence-corrected chi connectivity index (χ0v) is 14.4. The summed E-state index contributed by atoms with van der Waals surface area (Å²) in [5.74, 6) is 0.603. The molecular formula is C17H20N2O4S. The molecule has 2 N–H and O–H groups in total. The van der Waals surface area contributed by atoms with E-state index in [0.717, 1.165) is 0 Å². The zero-order valence-electron chi connectivity index (χ0n) is 13.6. The Kier molecular flexibility index (Phi) is 5.81. The Bertz CT molecular complexity index is 819. The van der Waals surface area contributed by atoms with E-state index in [-0.39, 0.29) is 5.75 Å². The molecule has 0 heterocycles. The van der Waals surface area contributed by atoms with E-state index in [4.69, 9.17) is 4.74 Å². The predicted molar refractivity (Wildman–Crippen MR) is 95.2 cm³/mol. The number of carbonyl (C=O) groups is 1. The molecule has 0 unspecified atom stereocenters. The molecule has 0 aliphatic carbocycles. The van der Waals surface area contributed by atoms with Gasteiger partial charge in [0.2, 0.25) is 0 Å². The van der Waals surface area contributed by atoms with Gasteiger partial charge in [-0.15, -0.1) is 0 Å². The van der Waals surface area contributed by atoms with E-state index in [1.165, 1.54) is 6.26 Å². The minimum Gasteiger partial charge on any atom is -0.494 e. The first kappa shape index (κ1) is 17.8. The van der Waals surface area contributed by atoms with Crippen molar-refractivity contribution in [1.82, 2.24) is 0 Å². The number of nitrogens with one attached hydrogen (secondary N) is 2. The van der Waals surface area contributed by atoms with Crippen molar-refractivity contribution in [2.24, 2.45) is 0 Å². The number of hydrogen-bond donors (Lipinski definition) is 2. The normalized spacial score (nSPS) is 10.9. The summed E-state index contributed by atoms with van der Waals surface area (Å²) >= 11 is 0. The smallest absolute Gasteiger partial charge is 0.323 e. The Morgan fingerprint density at radius 3 is 2.29 bits per heavy atom. The van der Waals surface area contributed by atoms with E-state index in [2.05, 4.69) is 10.6 Å². The molecule has 0 aliphatic rings. The van der Waals surface area contributed by atoms with Crippen LogP contribution in [-0.2, 0) is 15.6 Å². The third kappa shape index (κ3) is 5.92. The van der Waals surface area contributed by atoms with Crippen molar-refractivity contribution in [3.8, 4) is 5.75 Å². The molecule has 7 heteroatoms. The summed E-state index contributed by atoms with van der Waals surface area (Å²) in [6.07, 6.45) is 1.17. The van der Waals surface area contributed by atoms with Crippen LogP contribution in [0.1, 0.15) is 12.5 Å². The van der Waals surface area contributed by atoms with Gasteiger partial charge < -0.3 is 15.4 Å². The van der Waals surface area contributed by atoms with Crippen LogP contribution in [0.25, 0.3) is 0 Å². The molecule has 2 amide bonds. The van der Waals surface area contributed by atoms with Crippen LogP contribution in [0.15, 0.2) is 48.5 Å². The van der Waals surface area contributed by atoms with Crippen LogP contribution in [0.5, 0.6) is 5.75 Å². The highest BCUT2D eigenvalue weighted by molar-refractivity contribution is 7.89. The zero-order chi connectivity index (χ0) is 17.6. The molecule has 2 rings (SSSR count). The van der Waals surface area contributed by atoms with Gasteiger partial charge in [-0.05, 0) is 36.8 Å². The lowest BCUT2D eigenvalue weighted by Crippen LogP contribution is -2.19. The number of anilines is 2. The van der Waals surface area contributed by atoms with Gasteiger partial charge in [-0.1, -0.05) is 18.2 Å². The van der Waals surface area contributed by atoms with Gasteiger partial charge in [0.25, 0.3) is 0 Å². The van der Waals surface area contributed by atoms with Crippen LogP contribution in [0, 0.1) is 0 Å². The first-order chi connectivity index (χ1) is 11.4. The summed E-state index contributed by atoms with van der Waals surface area (Å²) in [7, 11) is -3.12. The molecule has 0 aliphatic heterocycles. The lowest BCUT2D eigenvalue weighted by molar-refractivity contribution is 0.262. The summed E-state index contributed by atoms with van der Waals surface area (Å²) in [5.41, 5.74) is 1.74. The Morgan fingerprint density at radius 2 is 1.67 bits per heavy atom. The van der Waals surface area contributed by atoms with Crippen molar-refractivity contribution in [1.29, 1.82) is 0 Å². The maximum atomic E-state index is 12.1. The summed E-state index contributed by atoms with van der Waals surface area (Å²) in [4.78, 5) is 12.1. The van der Waals surface area contributed by atoms with Crippen LogP contribution in [0.3, 0.4) is 0 Å². The Balaban J connectivity index is 2.02. The second-order valence-electron chi connectivity index (χ2n) is 5.31. The Morgan fingerprint density at radius 1 is 1.04 bits per heavy atom. The van der Waals surface area contributed by atoms with Gasteiger partial charge in [-0.3, -0.25) is 0 Å². The molecule has 0 bridgehead atoms. The number of sulfone groups is 1. The van der Waals surface area contributed by atoms with Gasteiger partial charge in [0.15, 0.2) is 9.84 Å². The molecule has 0 fully saturated rings. The number of hydrogen-bond acceptors (Lipinski definition) is 4. The molecule has 0 atom stereocenters. The largest absolute Gasteiger partial charge is 0.494 e. The first-order valence-corrected chi connectivity index (χ1v) is 9.49. The predicted octanol–water partition coefficient (Wildman–Crippen LogP) is 3.27. The van der Waals surface area contributed by atoms with Crippen LogP contribution in [0.2, 0.25) is 0 Å². The van der Waals surface area contributed by atoms with Crippen molar-refractivity contribution in [3.05, 3.63) is 54.1 Å². The third-order valence-electron chi connectivity index (χ3n) is 3.02. The molecule has 128 valence electrons. The van der Waals surface area contributed by atoms with Crippen molar-refractivity contribution >= 4 is 27.2 Å². The maximum absolute atomic E-state index is 12.1. The second-order valence-corrected chi connectivity index (χ2v) is 7.45. The van der Waals surface area contributed by atoms with E-state index in [1.807, 2.05) is 6.92 Å². The summed E-state index contributed by atoms with van der Waals surface area (Å²) in [6, 6.07) is 13.4. The van der Waals surface area contributed by atoms with E-state index in [0.29, 0.717) is 29.3 Å². The molecular weight excluding hydrogens is 328 g/mol. The number of amides is 2. The molecule has 6 nitrogen and oxygen atoms in total. The molecule has 0 aromatic heterocycles. The molecule has 24 heavy (non-hydrogen) atoms. The van der Waals surface area contributed by atoms with Gasteiger partial charge in [-0.2, -0.15) is 0 Å². The lowest BCUT2D eigenvalue weighted by atomic mass is 10.2. The summed E-state index contributed by atoms with van der Waals surface area (Å²) in [5, 5.41) is 5.39. The molecule has 0 radical (unpaired) electrons. The van der Waals surface area contributed by atoms with E-state index in [9.17, 15) is 13.2 Å². The van der Waals surface area contributed by atoms with Crippen LogP contribution in [0.4, 0.5) is 16.2 Å². The van der Waals surface area contributed by atoms with Crippen LogP contribution < -0.4 is 15.4 Å². The molecule has 0 saturated heterocycles. The number of urea groups is 1. The first-order valence-electron chi connectivity index (χ1n) is 7.43. The van der Waals surface area contributed by atoms with Gasteiger partial charge in [0.1, 0.15) is 5.75 Å². The maximum Gasteiger partial charge on any atom is 0.323 e. The highest BCUT2D eigenvalue weighted by atomic mass is 32.2. The van der Waals surface area contributed by atoms with Crippen LogP contribution in [-0.4, -0.2) is 27.3 Å². The highest BCUT2D eigenvalue weighted by Crippen LogP contribution is 2.18. The molecule has 0 spiro atoms. The Labute approximate surface area is 141 Å². The fraction of sp³-hybridized carbons (Fsp3) is 0.235. The molecule has 0 saturated carbocycles. The van der Waals surface area contributed by atoms with Gasteiger partial charge in [0.05, 0.1) is 12.4 Å². The van der Waals surface area contributed by atoms with Crippen molar-refractivity contribution in [3.63, 3.8) is 0 Å². The monoisotopic (exact) mass is 348 g/mol. The van der Waals surface area contributed by atoms with E-state index < -0.39 is 15.9 Å². The minimum atomic E-state index is -3.12. The van der Waals surface area contributed by atoms with Gasteiger partial charge >= 0.3 is 6.03 Å². The summed E-state index contributed by atoms with van der Waals surface area (Å²) in [6.45, 7) is 2.43. The summed E-state index contributed by atoms with van der Waals surface area (Å²) < 4.78 is 28.1. The van der Waals surface area contributed by atoms with Crippen LogP contribution >= 0.6 is 0 Å². The van der Waals surface area contributed by atoms with Crippen molar-refractivity contribution in [2.45, 2.75) is 12.7 Å². The topological polar surface area (TPSA) is 84.5 Å². The second kappa shape index (κ2) is 7.83. The number of rotatable bonds is 6. The standard InChI is InChI=1S/C17H20N2O4S/c1-3-23-16-9-5-8-15(11-16)19-17(20)18-14-7-4-6-13(10-14)12-24(2,21)22/h4-11H,3,12H2,1-2H3,(H2,18,19,20). The lowest BCUT2D eigenvalue weighted by Gasteiger charge is -2.10. The molecule has 2 aromatic carbocycles. The number of benzene rings is 2.